The summed E-state index contributed by atoms with van der Waals surface area (Å²) in [5.41, 5.74) is -0.359. The molecule has 0 aromatic carbocycles. The molecule has 0 aromatic rings. The topological polar surface area (TPSA) is 23.5 Å². The first-order chi connectivity index (χ1) is 6.68. The van der Waals surface area contributed by atoms with Crippen LogP contribution in [0.1, 0.15) is 44.9 Å². The molecular weight excluding hydrogens is 174 g/mol. The second-order valence-corrected chi connectivity index (χ2v) is 5.43. The minimum Gasteiger partial charge on any atom is -0.389 e. The minimum atomic E-state index is -0.359. The molecule has 1 N–H and O–H groups in total. The van der Waals surface area contributed by atoms with Gasteiger partial charge in [0, 0.05) is 13.1 Å². The summed E-state index contributed by atoms with van der Waals surface area (Å²) >= 11 is 0. The summed E-state index contributed by atoms with van der Waals surface area (Å²) in [7, 11) is 2.16. The van der Waals surface area contributed by atoms with E-state index in [4.69, 9.17) is 0 Å². The molecule has 0 radical (unpaired) electrons. The van der Waals surface area contributed by atoms with Crippen molar-refractivity contribution in [2.45, 2.75) is 50.5 Å². The molecule has 0 unspecified atom stereocenters. The molecule has 0 aliphatic heterocycles. The van der Waals surface area contributed by atoms with Gasteiger partial charge in [0.2, 0.25) is 0 Å². The molecule has 2 heteroatoms. The molecule has 2 rings (SSSR count). The van der Waals surface area contributed by atoms with E-state index in [0.717, 1.165) is 25.3 Å². The third-order valence-electron chi connectivity index (χ3n) is 3.62. The van der Waals surface area contributed by atoms with Crippen LogP contribution in [0, 0.1) is 5.92 Å². The van der Waals surface area contributed by atoms with Gasteiger partial charge < -0.3 is 10.0 Å². The van der Waals surface area contributed by atoms with Crippen LogP contribution in [0.2, 0.25) is 0 Å². The second-order valence-electron chi connectivity index (χ2n) is 5.43. The van der Waals surface area contributed by atoms with E-state index in [-0.39, 0.29) is 5.60 Å². The summed E-state index contributed by atoms with van der Waals surface area (Å²) in [6.07, 6.45) is 8.59. The zero-order valence-corrected chi connectivity index (χ0v) is 9.34. The van der Waals surface area contributed by atoms with Crippen molar-refractivity contribution in [1.82, 2.24) is 4.90 Å². The molecule has 2 nitrogen and oxygen atoms in total. The van der Waals surface area contributed by atoms with Gasteiger partial charge in [0.15, 0.2) is 0 Å². The molecule has 82 valence electrons. The predicted molar refractivity (Wildman–Crippen MR) is 58.3 cm³/mol. The fraction of sp³-hybridized carbons (Fsp3) is 1.00. The predicted octanol–water partition coefficient (Wildman–Crippen LogP) is 2.02. The smallest absolute Gasteiger partial charge is 0.0774 e. The second kappa shape index (κ2) is 4.19. The number of hydrogen-bond acceptors (Lipinski definition) is 2. The van der Waals surface area contributed by atoms with E-state index in [2.05, 4.69) is 11.9 Å². The SMILES string of the molecule is CN(CC1CC1)CC1(O)CCCCC1. The van der Waals surface area contributed by atoms with Gasteiger partial charge in [-0.3, -0.25) is 0 Å². The van der Waals surface area contributed by atoms with E-state index in [1.165, 1.54) is 38.6 Å². The van der Waals surface area contributed by atoms with Crippen LogP contribution in [0.25, 0.3) is 0 Å². The Labute approximate surface area is 87.3 Å². The van der Waals surface area contributed by atoms with Crippen molar-refractivity contribution in [3.63, 3.8) is 0 Å². The molecule has 0 amide bonds. The van der Waals surface area contributed by atoms with Gasteiger partial charge in [-0.05, 0) is 38.6 Å². The van der Waals surface area contributed by atoms with Crippen molar-refractivity contribution in [1.29, 1.82) is 0 Å². The standard InChI is InChI=1S/C12H23NO/c1-13(9-11-5-6-11)10-12(14)7-3-2-4-8-12/h11,14H,2-10H2,1H3. The monoisotopic (exact) mass is 197 g/mol. The summed E-state index contributed by atoms with van der Waals surface area (Å²) in [5.74, 6) is 0.937. The van der Waals surface area contributed by atoms with Crippen LogP contribution in [-0.4, -0.2) is 35.7 Å². The molecule has 0 aromatic heterocycles. The molecule has 2 aliphatic rings. The zero-order valence-electron chi connectivity index (χ0n) is 9.34. The highest BCUT2D eigenvalue weighted by molar-refractivity contribution is 4.86. The van der Waals surface area contributed by atoms with Crippen LogP contribution in [0.5, 0.6) is 0 Å². The van der Waals surface area contributed by atoms with Crippen LogP contribution in [-0.2, 0) is 0 Å². The van der Waals surface area contributed by atoms with Crippen LogP contribution in [0.3, 0.4) is 0 Å². The van der Waals surface area contributed by atoms with Crippen molar-refractivity contribution in [2.24, 2.45) is 5.92 Å². The summed E-state index contributed by atoms with van der Waals surface area (Å²) in [6.45, 7) is 2.09. The average molecular weight is 197 g/mol. The van der Waals surface area contributed by atoms with E-state index in [0.29, 0.717) is 0 Å². The summed E-state index contributed by atoms with van der Waals surface area (Å²) < 4.78 is 0. The summed E-state index contributed by atoms with van der Waals surface area (Å²) in [5, 5.41) is 10.3. The molecule has 0 saturated heterocycles. The first-order valence-corrected chi connectivity index (χ1v) is 6.09. The number of likely N-dealkylation sites (N-methyl/N-ethyl adjacent to an activating group) is 1. The fourth-order valence-electron chi connectivity index (χ4n) is 2.68. The molecule has 2 saturated carbocycles. The van der Waals surface area contributed by atoms with Crippen LogP contribution >= 0.6 is 0 Å². The molecule has 14 heavy (non-hydrogen) atoms. The Morgan fingerprint density at radius 2 is 1.86 bits per heavy atom. The van der Waals surface area contributed by atoms with Gasteiger partial charge in [-0.2, -0.15) is 0 Å². The van der Waals surface area contributed by atoms with Gasteiger partial charge >= 0.3 is 0 Å². The van der Waals surface area contributed by atoms with Crippen LogP contribution in [0.4, 0.5) is 0 Å². The third-order valence-corrected chi connectivity index (χ3v) is 3.62. The minimum absolute atomic E-state index is 0.359. The first-order valence-electron chi connectivity index (χ1n) is 6.09. The van der Waals surface area contributed by atoms with Crippen LogP contribution < -0.4 is 0 Å². The van der Waals surface area contributed by atoms with Gasteiger partial charge in [-0.1, -0.05) is 19.3 Å². The highest BCUT2D eigenvalue weighted by Gasteiger charge is 2.32. The Morgan fingerprint density at radius 1 is 1.21 bits per heavy atom. The summed E-state index contributed by atoms with van der Waals surface area (Å²) in [6, 6.07) is 0. The Kier molecular flexibility index (Phi) is 3.13. The quantitative estimate of drug-likeness (QED) is 0.745. The number of rotatable bonds is 4. The van der Waals surface area contributed by atoms with Gasteiger partial charge in [0.1, 0.15) is 0 Å². The van der Waals surface area contributed by atoms with Gasteiger partial charge in [0.05, 0.1) is 5.60 Å². The Hall–Kier alpha value is -0.0800. The Morgan fingerprint density at radius 3 is 2.43 bits per heavy atom. The van der Waals surface area contributed by atoms with Gasteiger partial charge in [-0.15, -0.1) is 0 Å². The highest BCUT2D eigenvalue weighted by Crippen LogP contribution is 2.32. The molecular formula is C12H23NO. The zero-order chi connectivity index (χ0) is 10.0. The molecule has 0 spiro atoms. The van der Waals surface area contributed by atoms with Crippen LogP contribution in [0.15, 0.2) is 0 Å². The van der Waals surface area contributed by atoms with Crippen molar-refractivity contribution < 1.29 is 5.11 Å². The molecule has 0 bridgehead atoms. The number of nitrogens with zero attached hydrogens (tertiary/aromatic N) is 1. The maximum atomic E-state index is 10.3. The molecule has 2 aliphatic carbocycles. The Bertz CT molecular complexity index is 183. The van der Waals surface area contributed by atoms with E-state index in [1.807, 2.05) is 0 Å². The molecule has 0 atom stereocenters. The highest BCUT2D eigenvalue weighted by atomic mass is 16.3. The van der Waals surface area contributed by atoms with E-state index >= 15 is 0 Å². The van der Waals surface area contributed by atoms with Crippen molar-refractivity contribution in [3.05, 3.63) is 0 Å². The van der Waals surface area contributed by atoms with Crippen molar-refractivity contribution in [3.8, 4) is 0 Å². The van der Waals surface area contributed by atoms with Gasteiger partial charge in [0.25, 0.3) is 0 Å². The fourth-order valence-corrected chi connectivity index (χ4v) is 2.68. The maximum Gasteiger partial charge on any atom is 0.0774 e. The van der Waals surface area contributed by atoms with Gasteiger partial charge in [-0.25, -0.2) is 0 Å². The first kappa shape index (κ1) is 10.4. The maximum absolute atomic E-state index is 10.3. The largest absolute Gasteiger partial charge is 0.389 e. The lowest BCUT2D eigenvalue weighted by molar-refractivity contribution is -0.0215. The third kappa shape index (κ3) is 2.96. The van der Waals surface area contributed by atoms with E-state index in [9.17, 15) is 5.11 Å². The average Bonchev–Trinajstić information content (AvgIpc) is 2.88. The lowest BCUT2D eigenvalue weighted by Crippen LogP contribution is -2.43. The lowest BCUT2D eigenvalue weighted by atomic mass is 9.84. The summed E-state index contributed by atoms with van der Waals surface area (Å²) in [4.78, 5) is 2.34. The lowest BCUT2D eigenvalue weighted by Gasteiger charge is -2.35. The van der Waals surface area contributed by atoms with E-state index < -0.39 is 0 Å². The van der Waals surface area contributed by atoms with Crippen molar-refractivity contribution >= 4 is 0 Å². The van der Waals surface area contributed by atoms with E-state index in [1.54, 1.807) is 0 Å². The number of aliphatic hydroxyl groups is 1. The number of hydrogen-bond donors (Lipinski definition) is 1. The Balaban J connectivity index is 1.75. The normalized spacial score (nSPS) is 26.8. The van der Waals surface area contributed by atoms with Crippen molar-refractivity contribution in [2.75, 3.05) is 20.1 Å². The molecule has 0 heterocycles. The molecule has 2 fully saturated rings.